The Morgan fingerprint density at radius 2 is 2.33 bits per heavy atom. The summed E-state index contributed by atoms with van der Waals surface area (Å²) in [6.07, 6.45) is 2.93. The molecule has 2 aromatic rings. The molecular weight excluding hydrogens is 283 g/mol. The van der Waals surface area contributed by atoms with E-state index in [1.807, 2.05) is 0 Å². The average molecular weight is 290 g/mol. The van der Waals surface area contributed by atoms with E-state index in [0.717, 1.165) is 4.47 Å². The predicted molar refractivity (Wildman–Crippen MR) is 58.6 cm³/mol. The number of anilines is 1. The second-order valence-electron chi connectivity index (χ2n) is 2.68. The fourth-order valence-corrected chi connectivity index (χ4v) is 1.67. The number of hydrogen-bond donors (Lipinski definition) is 1. The number of pyridine rings is 1. The van der Waals surface area contributed by atoms with Crippen LogP contribution in [0.15, 0.2) is 27.7 Å². The topological polar surface area (TPSA) is 63.8 Å². The van der Waals surface area contributed by atoms with Gasteiger partial charge in [0.05, 0.1) is 11.6 Å². The molecule has 2 heterocycles. The van der Waals surface area contributed by atoms with E-state index in [2.05, 4.69) is 40.9 Å². The third-order valence-electron chi connectivity index (χ3n) is 1.63. The molecule has 0 radical (unpaired) electrons. The standard InChI is InChI=1S/C8H6BrClN4O/c9-5-1-6(10)8(11-2-5)12-3-7-13-4-15-14-7/h1-2,4H,3H2,(H,11,12). The minimum absolute atomic E-state index is 0.421. The maximum Gasteiger partial charge on any atom is 0.213 e. The van der Waals surface area contributed by atoms with Crippen LogP contribution in [0.3, 0.4) is 0 Å². The normalized spacial score (nSPS) is 10.3. The van der Waals surface area contributed by atoms with Gasteiger partial charge in [0.15, 0.2) is 5.82 Å². The van der Waals surface area contributed by atoms with Gasteiger partial charge in [0.1, 0.15) is 5.82 Å². The van der Waals surface area contributed by atoms with Crippen LogP contribution in [-0.4, -0.2) is 15.1 Å². The molecule has 0 fully saturated rings. The van der Waals surface area contributed by atoms with Crippen LogP contribution in [0.4, 0.5) is 5.82 Å². The Morgan fingerprint density at radius 1 is 1.47 bits per heavy atom. The van der Waals surface area contributed by atoms with Gasteiger partial charge in [0.2, 0.25) is 6.39 Å². The van der Waals surface area contributed by atoms with Gasteiger partial charge < -0.3 is 9.84 Å². The smallest absolute Gasteiger partial charge is 0.213 e. The summed E-state index contributed by atoms with van der Waals surface area (Å²) >= 11 is 9.22. The summed E-state index contributed by atoms with van der Waals surface area (Å²) in [6.45, 7) is 0.421. The summed E-state index contributed by atoms with van der Waals surface area (Å²) in [6, 6.07) is 1.76. The Hall–Kier alpha value is -1.14. The third kappa shape index (κ3) is 2.66. The van der Waals surface area contributed by atoms with E-state index in [-0.39, 0.29) is 0 Å². The lowest BCUT2D eigenvalue weighted by molar-refractivity contribution is 0.411. The molecule has 0 saturated carbocycles. The van der Waals surface area contributed by atoms with E-state index in [0.29, 0.717) is 23.2 Å². The molecule has 78 valence electrons. The number of halogens is 2. The van der Waals surface area contributed by atoms with Crippen molar-refractivity contribution >= 4 is 33.3 Å². The van der Waals surface area contributed by atoms with Gasteiger partial charge in [-0.2, -0.15) is 4.98 Å². The second kappa shape index (κ2) is 4.59. The van der Waals surface area contributed by atoms with Crippen LogP contribution in [-0.2, 0) is 6.54 Å². The highest BCUT2D eigenvalue weighted by molar-refractivity contribution is 9.10. The van der Waals surface area contributed by atoms with Crippen molar-refractivity contribution in [1.29, 1.82) is 0 Å². The summed E-state index contributed by atoms with van der Waals surface area (Å²) in [5, 5.41) is 7.18. The summed E-state index contributed by atoms with van der Waals surface area (Å²) in [7, 11) is 0. The van der Waals surface area contributed by atoms with Crippen LogP contribution in [0, 0.1) is 0 Å². The molecule has 15 heavy (non-hydrogen) atoms. The molecule has 0 bridgehead atoms. The van der Waals surface area contributed by atoms with Crippen LogP contribution in [0.2, 0.25) is 5.02 Å². The number of nitrogens with zero attached hydrogens (tertiary/aromatic N) is 3. The molecule has 0 saturated heterocycles. The first-order valence-electron chi connectivity index (χ1n) is 4.06. The minimum atomic E-state index is 0.421. The molecule has 0 aliphatic heterocycles. The van der Waals surface area contributed by atoms with Crippen molar-refractivity contribution < 1.29 is 4.52 Å². The largest absolute Gasteiger partial charge is 0.361 e. The molecule has 2 aromatic heterocycles. The minimum Gasteiger partial charge on any atom is -0.361 e. The summed E-state index contributed by atoms with van der Waals surface area (Å²) in [5.41, 5.74) is 0. The maximum absolute atomic E-state index is 5.95. The van der Waals surface area contributed by atoms with Gasteiger partial charge in [-0.1, -0.05) is 16.8 Å². The maximum atomic E-state index is 5.95. The van der Waals surface area contributed by atoms with Gasteiger partial charge in [-0.25, -0.2) is 4.98 Å². The monoisotopic (exact) mass is 288 g/mol. The SMILES string of the molecule is Clc1cc(Br)cnc1NCc1ncon1. The zero-order valence-corrected chi connectivity index (χ0v) is 9.79. The van der Waals surface area contributed by atoms with Gasteiger partial charge in [-0.05, 0) is 22.0 Å². The lowest BCUT2D eigenvalue weighted by Gasteiger charge is -2.04. The lowest BCUT2D eigenvalue weighted by Crippen LogP contribution is -2.03. The molecule has 2 rings (SSSR count). The van der Waals surface area contributed by atoms with Crippen molar-refractivity contribution in [3.8, 4) is 0 Å². The third-order valence-corrected chi connectivity index (χ3v) is 2.35. The van der Waals surface area contributed by atoms with Crippen molar-refractivity contribution in [3.05, 3.63) is 34.0 Å². The van der Waals surface area contributed by atoms with Crippen LogP contribution in [0.25, 0.3) is 0 Å². The summed E-state index contributed by atoms with van der Waals surface area (Å²) in [5.74, 6) is 1.14. The molecule has 0 atom stereocenters. The Morgan fingerprint density at radius 3 is 3.00 bits per heavy atom. The molecular formula is C8H6BrClN4O. The molecule has 0 spiro atoms. The van der Waals surface area contributed by atoms with E-state index < -0.39 is 0 Å². The molecule has 0 amide bonds. The first-order chi connectivity index (χ1) is 7.25. The van der Waals surface area contributed by atoms with Crippen molar-refractivity contribution in [2.45, 2.75) is 6.54 Å². The van der Waals surface area contributed by atoms with Crippen LogP contribution < -0.4 is 5.32 Å². The molecule has 0 aliphatic carbocycles. The van der Waals surface area contributed by atoms with Crippen LogP contribution >= 0.6 is 27.5 Å². The fourth-order valence-electron chi connectivity index (χ4n) is 0.978. The second-order valence-corrected chi connectivity index (χ2v) is 4.01. The van der Waals surface area contributed by atoms with E-state index in [1.54, 1.807) is 12.3 Å². The first-order valence-corrected chi connectivity index (χ1v) is 5.23. The predicted octanol–water partition coefficient (Wildman–Crippen LogP) is 2.49. The van der Waals surface area contributed by atoms with Crippen LogP contribution in [0.5, 0.6) is 0 Å². The number of nitrogens with one attached hydrogen (secondary N) is 1. The van der Waals surface area contributed by atoms with Crippen molar-refractivity contribution in [2.75, 3.05) is 5.32 Å². The molecule has 0 aromatic carbocycles. The lowest BCUT2D eigenvalue weighted by atomic mass is 10.4. The molecule has 0 unspecified atom stereocenters. The van der Waals surface area contributed by atoms with Gasteiger partial charge in [0.25, 0.3) is 0 Å². The van der Waals surface area contributed by atoms with E-state index >= 15 is 0 Å². The summed E-state index contributed by atoms with van der Waals surface area (Å²) in [4.78, 5) is 7.96. The van der Waals surface area contributed by atoms with Crippen molar-refractivity contribution in [3.63, 3.8) is 0 Å². The van der Waals surface area contributed by atoms with Gasteiger partial charge in [0, 0.05) is 10.7 Å². The zero-order chi connectivity index (χ0) is 10.7. The van der Waals surface area contributed by atoms with Gasteiger partial charge in [-0.15, -0.1) is 0 Å². The molecule has 7 heteroatoms. The zero-order valence-electron chi connectivity index (χ0n) is 7.44. The quantitative estimate of drug-likeness (QED) is 0.940. The highest BCUT2D eigenvalue weighted by atomic mass is 79.9. The van der Waals surface area contributed by atoms with Gasteiger partial charge >= 0.3 is 0 Å². The van der Waals surface area contributed by atoms with Crippen LogP contribution in [0.1, 0.15) is 5.82 Å². The first kappa shape index (κ1) is 10.4. The van der Waals surface area contributed by atoms with Crippen molar-refractivity contribution in [1.82, 2.24) is 15.1 Å². The van der Waals surface area contributed by atoms with E-state index in [1.165, 1.54) is 6.39 Å². The average Bonchev–Trinajstić information content (AvgIpc) is 2.69. The Kier molecular flexibility index (Phi) is 3.17. The Labute approximate surface area is 99.0 Å². The highest BCUT2D eigenvalue weighted by Gasteiger charge is 2.03. The number of hydrogen-bond acceptors (Lipinski definition) is 5. The van der Waals surface area contributed by atoms with E-state index in [4.69, 9.17) is 11.6 Å². The molecule has 1 N–H and O–H groups in total. The Bertz CT molecular complexity index is 448. The molecule has 5 nitrogen and oxygen atoms in total. The van der Waals surface area contributed by atoms with E-state index in [9.17, 15) is 0 Å². The number of rotatable bonds is 3. The Balaban J connectivity index is 2.05. The van der Waals surface area contributed by atoms with Crippen molar-refractivity contribution in [2.24, 2.45) is 0 Å². The highest BCUT2D eigenvalue weighted by Crippen LogP contribution is 2.22. The molecule has 0 aliphatic rings. The number of aromatic nitrogens is 3. The van der Waals surface area contributed by atoms with Gasteiger partial charge in [-0.3, -0.25) is 0 Å². The summed E-state index contributed by atoms with van der Waals surface area (Å²) < 4.78 is 5.42. The fraction of sp³-hybridized carbons (Fsp3) is 0.125.